The number of carboxylic acid groups (broad SMARTS) is 1. The van der Waals surface area contributed by atoms with Crippen molar-refractivity contribution >= 4 is 17.8 Å². The van der Waals surface area contributed by atoms with Crippen LogP contribution in [-0.4, -0.2) is 62.6 Å². The lowest BCUT2D eigenvalue weighted by atomic mass is 9.78. The molecule has 8 nitrogen and oxygen atoms in total. The van der Waals surface area contributed by atoms with Gasteiger partial charge in [0.2, 0.25) is 11.9 Å². The van der Waals surface area contributed by atoms with E-state index in [-0.39, 0.29) is 11.3 Å². The highest BCUT2D eigenvalue weighted by atomic mass is 19.4. The fraction of sp³-hybridized carbons (Fsp3) is 0.450. The maximum absolute atomic E-state index is 13.1. The minimum absolute atomic E-state index is 0.270. The van der Waals surface area contributed by atoms with E-state index in [2.05, 4.69) is 19.9 Å². The van der Waals surface area contributed by atoms with Crippen LogP contribution in [0.5, 0.6) is 0 Å². The van der Waals surface area contributed by atoms with Crippen LogP contribution in [0.15, 0.2) is 43.0 Å². The zero-order chi connectivity index (χ0) is 22.5. The maximum Gasteiger partial charge on any atom is 0.490 e. The van der Waals surface area contributed by atoms with Gasteiger partial charge in [-0.05, 0) is 37.0 Å². The number of pyridine rings is 1. The minimum Gasteiger partial charge on any atom is -0.475 e. The van der Waals surface area contributed by atoms with Gasteiger partial charge in [-0.25, -0.2) is 14.8 Å². The number of hydrogen-bond donors (Lipinski definition) is 1. The third kappa shape index (κ3) is 5.47. The first-order valence-electron chi connectivity index (χ1n) is 9.72. The van der Waals surface area contributed by atoms with Gasteiger partial charge in [-0.3, -0.25) is 9.78 Å². The Morgan fingerprint density at radius 3 is 2.45 bits per heavy atom. The van der Waals surface area contributed by atoms with Gasteiger partial charge in [0.15, 0.2) is 0 Å². The van der Waals surface area contributed by atoms with Crippen LogP contribution in [0.25, 0.3) is 0 Å². The summed E-state index contributed by atoms with van der Waals surface area (Å²) in [7, 11) is 0. The van der Waals surface area contributed by atoms with Crippen LogP contribution in [-0.2, 0) is 16.1 Å². The molecule has 1 spiro atoms. The molecule has 2 aliphatic rings. The molecule has 2 saturated heterocycles. The Labute approximate surface area is 176 Å². The number of piperidine rings is 1. The number of likely N-dealkylation sites (tertiary alicyclic amines) is 1. The first-order chi connectivity index (χ1) is 14.7. The predicted molar refractivity (Wildman–Crippen MR) is 104 cm³/mol. The number of nitrogens with zero attached hydrogens (tertiary/aromatic N) is 5. The van der Waals surface area contributed by atoms with E-state index in [0.29, 0.717) is 6.54 Å². The summed E-state index contributed by atoms with van der Waals surface area (Å²) in [5.74, 6) is -1.76. The van der Waals surface area contributed by atoms with E-state index < -0.39 is 12.1 Å². The first-order valence-corrected chi connectivity index (χ1v) is 9.72. The van der Waals surface area contributed by atoms with Crippen molar-refractivity contribution in [2.24, 2.45) is 5.41 Å². The maximum atomic E-state index is 13.1. The average Bonchev–Trinajstić information content (AvgIpc) is 3.04. The number of hydrogen-bond acceptors (Lipinski definition) is 6. The Kier molecular flexibility index (Phi) is 6.71. The number of aromatic nitrogens is 3. The summed E-state index contributed by atoms with van der Waals surface area (Å²) in [6, 6.07) is 5.76. The Bertz CT molecular complexity index is 898. The van der Waals surface area contributed by atoms with Gasteiger partial charge in [-0.2, -0.15) is 13.2 Å². The Hall–Kier alpha value is -3.24. The van der Waals surface area contributed by atoms with Crippen molar-refractivity contribution in [2.75, 3.05) is 24.5 Å². The molecule has 1 atom stereocenters. The molecule has 31 heavy (non-hydrogen) atoms. The number of carbonyl (C=O) groups is 2. The van der Waals surface area contributed by atoms with Crippen LogP contribution in [0.1, 0.15) is 24.8 Å². The van der Waals surface area contributed by atoms with E-state index >= 15 is 0 Å². The van der Waals surface area contributed by atoms with Gasteiger partial charge in [-0.15, -0.1) is 0 Å². The van der Waals surface area contributed by atoms with Crippen molar-refractivity contribution in [1.82, 2.24) is 19.9 Å². The molecule has 11 heteroatoms. The van der Waals surface area contributed by atoms with Gasteiger partial charge in [0.05, 0.1) is 5.41 Å². The van der Waals surface area contributed by atoms with Crippen molar-refractivity contribution in [3.05, 3.63) is 48.5 Å². The predicted octanol–water partition coefficient (Wildman–Crippen LogP) is 2.52. The number of anilines is 1. The van der Waals surface area contributed by atoms with Crippen molar-refractivity contribution in [1.29, 1.82) is 0 Å². The van der Waals surface area contributed by atoms with Gasteiger partial charge < -0.3 is 14.9 Å². The summed E-state index contributed by atoms with van der Waals surface area (Å²) >= 11 is 0. The van der Waals surface area contributed by atoms with Gasteiger partial charge in [0, 0.05) is 51.0 Å². The number of aliphatic carboxylic acids is 1. The Morgan fingerprint density at radius 2 is 1.84 bits per heavy atom. The fourth-order valence-corrected chi connectivity index (χ4v) is 3.89. The second-order valence-electron chi connectivity index (χ2n) is 7.50. The third-order valence-corrected chi connectivity index (χ3v) is 5.35. The molecule has 2 fully saturated rings. The smallest absolute Gasteiger partial charge is 0.475 e. The molecule has 4 heterocycles. The number of halogens is 3. The van der Waals surface area contributed by atoms with Crippen molar-refractivity contribution in [3.63, 3.8) is 0 Å². The molecule has 1 N–H and O–H groups in total. The van der Waals surface area contributed by atoms with E-state index in [4.69, 9.17) is 9.90 Å². The van der Waals surface area contributed by atoms with E-state index in [0.717, 1.165) is 50.4 Å². The quantitative estimate of drug-likeness (QED) is 0.788. The SMILES string of the molecule is O=C(O)C(F)(F)F.O=C1N(Cc2cccnc2)CCC12CCCN(c1ncccn1)C2. The number of carbonyl (C=O) groups excluding carboxylic acids is 1. The molecule has 0 saturated carbocycles. The third-order valence-electron chi connectivity index (χ3n) is 5.35. The molecule has 0 radical (unpaired) electrons. The molecule has 0 aliphatic carbocycles. The summed E-state index contributed by atoms with van der Waals surface area (Å²) in [5, 5.41) is 7.12. The van der Waals surface area contributed by atoms with Crippen molar-refractivity contribution in [3.8, 4) is 0 Å². The molecule has 2 aliphatic heterocycles. The molecule has 166 valence electrons. The van der Waals surface area contributed by atoms with Crippen LogP contribution in [0.4, 0.5) is 19.1 Å². The molecule has 1 amide bonds. The average molecular weight is 437 g/mol. The van der Waals surface area contributed by atoms with E-state index in [1.54, 1.807) is 18.6 Å². The molecule has 2 aromatic rings. The monoisotopic (exact) mass is 437 g/mol. The van der Waals surface area contributed by atoms with Crippen molar-refractivity contribution < 1.29 is 27.9 Å². The van der Waals surface area contributed by atoms with Gasteiger partial charge in [0.25, 0.3) is 0 Å². The lowest BCUT2D eigenvalue weighted by Gasteiger charge is -2.39. The highest BCUT2D eigenvalue weighted by Gasteiger charge is 2.49. The zero-order valence-corrected chi connectivity index (χ0v) is 16.6. The summed E-state index contributed by atoms with van der Waals surface area (Å²) in [5.41, 5.74) is 0.807. The summed E-state index contributed by atoms with van der Waals surface area (Å²) in [6.07, 6.45) is 4.90. The fourth-order valence-electron chi connectivity index (χ4n) is 3.89. The first kappa shape index (κ1) is 22.4. The molecule has 0 aromatic carbocycles. The molecule has 0 bridgehead atoms. The Morgan fingerprint density at radius 1 is 1.13 bits per heavy atom. The highest BCUT2D eigenvalue weighted by molar-refractivity contribution is 5.85. The molecule has 1 unspecified atom stereocenters. The van der Waals surface area contributed by atoms with Gasteiger partial charge in [0.1, 0.15) is 0 Å². The van der Waals surface area contributed by atoms with Crippen LogP contribution < -0.4 is 4.90 Å². The van der Waals surface area contributed by atoms with Crippen molar-refractivity contribution in [2.45, 2.75) is 32.0 Å². The van der Waals surface area contributed by atoms with Crippen LogP contribution in [0.2, 0.25) is 0 Å². The summed E-state index contributed by atoms with van der Waals surface area (Å²) < 4.78 is 31.7. The highest BCUT2D eigenvalue weighted by Crippen LogP contribution is 2.41. The van der Waals surface area contributed by atoms with Gasteiger partial charge in [-0.1, -0.05) is 6.07 Å². The molecular formula is C20H22F3N5O3. The van der Waals surface area contributed by atoms with E-state index in [1.807, 2.05) is 29.3 Å². The number of amides is 1. The second kappa shape index (κ2) is 9.27. The van der Waals surface area contributed by atoms with Crippen LogP contribution in [0, 0.1) is 5.41 Å². The number of carboxylic acids is 1. The topological polar surface area (TPSA) is 99.5 Å². The standard InChI is InChI=1S/C18H21N5O.C2HF3O2/c24-16-18(6-11-22(16)13-15-4-1-7-19-12-15)5-2-10-23(14-18)17-20-8-3-9-21-17;3-2(4,5)1(6)7/h1,3-4,7-9,12H,2,5-6,10-11,13-14H2;(H,6,7). The van der Waals surface area contributed by atoms with Gasteiger partial charge >= 0.3 is 12.1 Å². The molecule has 2 aromatic heterocycles. The summed E-state index contributed by atoms with van der Waals surface area (Å²) in [4.78, 5) is 39.0. The molecule has 4 rings (SSSR count). The second-order valence-corrected chi connectivity index (χ2v) is 7.50. The largest absolute Gasteiger partial charge is 0.490 e. The molecular weight excluding hydrogens is 415 g/mol. The van der Waals surface area contributed by atoms with Crippen LogP contribution in [0.3, 0.4) is 0 Å². The van der Waals surface area contributed by atoms with E-state index in [9.17, 15) is 18.0 Å². The lowest BCUT2D eigenvalue weighted by Crippen LogP contribution is -2.48. The number of alkyl halides is 3. The summed E-state index contributed by atoms with van der Waals surface area (Å²) in [6.45, 7) is 3.11. The lowest BCUT2D eigenvalue weighted by molar-refractivity contribution is -0.192. The minimum atomic E-state index is -5.08. The van der Waals surface area contributed by atoms with E-state index in [1.165, 1.54) is 0 Å². The zero-order valence-electron chi connectivity index (χ0n) is 16.6. The Balaban J connectivity index is 0.000000339. The number of rotatable bonds is 3. The van der Waals surface area contributed by atoms with Crippen LogP contribution >= 0.6 is 0 Å². The normalized spacial score (nSPS) is 21.1.